The van der Waals surface area contributed by atoms with E-state index in [1.54, 1.807) is 6.92 Å². The number of nitrogens with one attached hydrogen (secondary N) is 1. The summed E-state index contributed by atoms with van der Waals surface area (Å²) < 4.78 is 0. The molecule has 4 nitrogen and oxygen atoms in total. The number of benzene rings is 1. The molecule has 0 aliphatic carbocycles. The molecule has 2 atom stereocenters. The van der Waals surface area contributed by atoms with Gasteiger partial charge in [-0.1, -0.05) is 31.2 Å². The second kappa shape index (κ2) is 5.51. The van der Waals surface area contributed by atoms with E-state index >= 15 is 0 Å². The maximum Gasteiger partial charge on any atom is 0.404 e. The molecule has 0 aromatic heterocycles. The average molecular weight is 223 g/mol. The van der Waals surface area contributed by atoms with E-state index < -0.39 is 18.2 Å². The summed E-state index contributed by atoms with van der Waals surface area (Å²) in [4.78, 5) is 10.4. The van der Waals surface area contributed by atoms with Crippen molar-refractivity contribution >= 4 is 6.09 Å². The largest absolute Gasteiger partial charge is 0.465 e. The third-order valence-electron chi connectivity index (χ3n) is 2.55. The molecule has 0 aliphatic heterocycles. The first-order valence-electron chi connectivity index (χ1n) is 5.31. The van der Waals surface area contributed by atoms with Crippen LogP contribution in [0, 0.1) is 0 Å². The summed E-state index contributed by atoms with van der Waals surface area (Å²) in [7, 11) is 0. The fourth-order valence-corrected chi connectivity index (χ4v) is 1.51. The summed E-state index contributed by atoms with van der Waals surface area (Å²) in [6.45, 7) is 3.69. The van der Waals surface area contributed by atoms with Gasteiger partial charge in [-0.05, 0) is 24.5 Å². The van der Waals surface area contributed by atoms with Gasteiger partial charge in [-0.15, -0.1) is 0 Å². The van der Waals surface area contributed by atoms with Gasteiger partial charge in [0.05, 0.1) is 12.1 Å². The third kappa shape index (κ3) is 3.24. The number of rotatable bonds is 4. The van der Waals surface area contributed by atoms with E-state index in [-0.39, 0.29) is 0 Å². The van der Waals surface area contributed by atoms with Crippen LogP contribution in [0.15, 0.2) is 24.3 Å². The molecule has 1 aromatic rings. The lowest BCUT2D eigenvalue weighted by atomic mass is 10.0. The molecule has 3 N–H and O–H groups in total. The van der Waals surface area contributed by atoms with Crippen molar-refractivity contribution in [1.82, 2.24) is 5.32 Å². The van der Waals surface area contributed by atoms with Crippen molar-refractivity contribution in [1.29, 1.82) is 0 Å². The van der Waals surface area contributed by atoms with Crippen LogP contribution < -0.4 is 5.32 Å². The number of aliphatic hydroxyl groups is 1. The average Bonchev–Trinajstić information content (AvgIpc) is 2.27. The molecular weight excluding hydrogens is 206 g/mol. The molecule has 16 heavy (non-hydrogen) atoms. The Morgan fingerprint density at radius 1 is 1.38 bits per heavy atom. The molecule has 1 amide bonds. The van der Waals surface area contributed by atoms with Crippen LogP contribution in [-0.2, 0) is 6.42 Å². The first kappa shape index (κ1) is 12.5. The molecule has 0 radical (unpaired) electrons. The Kier molecular flexibility index (Phi) is 4.31. The Hall–Kier alpha value is -1.55. The smallest absolute Gasteiger partial charge is 0.404 e. The molecule has 0 bridgehead atoms. The van der Waals surface area contributed by atoms with Gasteiger partial charge < -0.3 is 15.5 Å². The fraction of sp³-hybridized carbons (Fsp3) is 0.417. The Morgan fingerprint density at radius 3 is 2.38 bits per heavy atom. The van der Waals surface area contributed by atoms with Crippen molar-refractivity contribution in [3.05, 3.63) is 35.4 Å². The van der Waals surface area contributed by atoms with Crippen molar-refractivity contribution in [2.24, 2.45) is 0 Å². The molecule has 0 saturated carbocycles. The van der Waals surface area contributed by atoms with Crippen molar-refractivity contribution in [3.8, 4) is 0 Å². The van der Waals surface area contributed by atoms with Crippen LogP contribution in [-0.4, -0.2) is 22.3 Å². The Bertz CT molecular complexity index is 348. The summed E-state index contributed by atoms with van der Waals surface area (Å²) >= 11 is 0. The Morgan fingerprint density at radius 2 is 1.94 bits per heavy atom. The lowest BCUT2D eigenvalue weighted by molar-refractivity contribution is 0.127. The third-order valence-corrected chi connectivity index (χ3v) is 2.55. The molecule has 88 valence electrons. The maximum atomic E-state index is 10.4. The molecule has 0 spiro atoms. The van der Waals surface area contributed by atoms with E-state index in [1.807, 2.05) is 24.3 Å². The predicted molar refractivity (Wildman–Crippen MR) is 61.4 cm³/mol. The molecule has 0 saturated heterocycles. The topological polar surface area (TPSA) is 69.6 Å². The maximum absolute atomic E-state index is 10.4. The Balaban J connectivity index is 2.71. The van der Waals surface area contributed by atoms with Crippen LogP contribution in [0.5, 0.6) is 0 Å². The van der Waals surface area contributed by atoms with Gasteiger partial charge in [0.2, 0.25) is 0 Å². The minimum Gasteiger partial charge on any atom is -0.465 e. The number of hydrogen-bond acceptors (Lipinski definition) is 2. The quantitative estimate of drug-likeness (QED) is 0.730. The van der Waals surface area contributed by atoms with Gasteiger partial charge >= 0.3 is 6.09 Å². The van der Waals surface area contributed by atoms with E-state index in [0.717, 1.165) is 12.0 Å². The van der Waals surface area contributed by atoms with Crippen molar-refractivity contribution in [3.63, 3.8) is 0 Å². The number of aliphatic hydroxyl groups excluding tert-OH is 1. The van der Waals surface area contributed by atoms with E-state index in [1.165, 1.54) is 5.56 Å². The molecular formula is C12H17NO3. The fourth-order valence-electron chi connectivity index (χ4n) is 1.51. The van der Waals surface area contributed by atoms with E-state index in [0.29, 0.717) is 0 Å². The Labute approximate surface area is 94.9 Å². The molecule has 4 heteroatoms. The molecule has 1 aromatic carbocycles. The SMILES string of the molecule is CCc1ccc([C@@H](O)[C@H](C)NC(=O)O)cc1. The molecule has 0 aliphatic rings. The molecule has 0 heterocycles. The second-order valence-electron chi connectivity index (χ2n) is 3.78. The van der Waals surface area contributed by atoms with Crippen LogP contribution in [0.4, 0.5) is 4.79 Å². The highest BCUT2D eigenvalue weighted by molar-refractivity contribution is 5.64. The van der Waals surface area contributed by atoms with Crippen LogP contribution >= 0.6 is 0 Å². The van der Waals surface area contributed by atoms with Crippen molar-refractivity contribution < 1.29 is 15.0 Å². The van der Waals surface area contributed by atoms with E-state index in [2.05, 4.69) is 12.2 Å². The van der Waals surface area contributed by atoms with E-state index in [4.69, 9.17) is 5.11 Å². The lowest BCUT2D eigenvalue weighted by Gasteiger charge is -2.19. The minimum atomic E-state index is -1.13. The lowest BCUT2D eigenvalue weighted by Crippen LogP contribution is -2.35. The van der Waals surface area contributed by atoms with Crippen molar-refractivity contribution in [2.45, 2.75) is 32.4 Å². The standard InChI is InChI=1S/C12H17NO3/c1-3-9-4-6-10(7-5-9)11(14)8(2)13-12(15)16/h4-8,11,13-14H,3H2,1-2H3,(H,15,16)/t8-,11-/m0/s1. The predicted octanol–water partition coefficient (Wildman–Crippen LogP) is 1.94. The highest BCUT2D eigenvalue weighted by Crippen LogP contribution is 2.17. The highest BCUT2D eigenvalue weighted by atomic mass is 16.4. The zero-order chi connectivity index (χ0) is 12.1. The summed E-state index contributed by atoms with van der Waals surface area (Å²) in [6, 6.07) is 7.00. The van der Waals surface area contributed by atoms with Crippen LogP contribution in [0.25, 0.3) is 0 Å². The number of carboxylic acid groups (broad SMARTS) is 1. The summed E-state index contributed by atoms with van der Waals surface area (Å²) in [5.74, 6) is 0. The van der Waals surface area contributed by atoms with Gasteiger partial charge in [0.1, 0.15) is 0 Å². The summed E-state index contributed by atoms with van der Waals surface area (Å²) in [5.41, 5.74) is 1.91. The number of aryl methyl sites for hydroxylation is 1. The molecule has 1 rings (SSSR count). The van der Waals surface area contributed by atoms with Crippen LogP contribution in [0.1, 0.15) is 31.1 Å². The van der Waals surface area contributed by atoms with Crippen LogP contribution in [0.2, 0.25) is 0 Å². The number of hydrogen-bond donors (Lipinski definition) is 3. The zero-order valence-electron chi connectivity index (χ0n) is 9.47. The normalized spacial score (nSPS) is 14.2. The summed E-state index contributed by atoms with van der Waals surface area (Å²) in [5, 5.41) is 20.7. The van der Waals surface area contributed by atoms with Gasteiger partial charge in [-0.25, -0.2) is 4.79 Å². The summed E-state index contributed by atoms with van der Waals surface area (Å²) in [6.07, 6.45) is -1.00. The van der Waals surface area contributed by atoms with Gasteiger partial charge in [0, 0.05) is 0 Å². The van der Waals surface area contributed by atoms with Crippen LogP contribution in [0.3, 0.4) is 0 Å². The molecule has 0 unspecified atom stereocenters. The second-order valence-corrected chi connectivity index (χ2v) is 3.78. The van der Waals surface area contributed by atoms with E-state index in [9.17, 15) is 9.90 Å². The van der Waals surface area contributed by atoms with Gasteiger partial charge in [0.25, 0.3) is 0 Å². The first-order valence-corrected chi connectivity index (χ1v) is 5.31. The zero-order valence-corrected chi connectivity index (χ0v) is 9.47. The van der Waals surface area contributed by atoms with Gasteiger partial charge in [-0.2, -0.15) is 0 Å². The first-order chi connectivity index (χ1) is 7.54. The number of carbonyl (C=O) groups is 1. The van der Waals surface area contributed by atoms with Gasteiger partial charge in [0.15, 0.2) is 0 Å². The molecule has 0 fully saturated rings. The highest BCUT2D eigenvalue weighted by Gasteiger charge is 2.17. The van der Waals surface area contributed by atoms with Gasteiger partial charge in [-0.3, -0.25) is 0 Å². The monoisotopic (exact) mass is 223 g/mol. The number of amides is 1. The minimum absolute atomic E-state index is 0.523. The van der Waals surface area contributed by atoms with Crippen molar-refractivity contribution in [2.75, 3.05) is 0 Å².